The number of aryl methyl sites for hydroxylation is 1. The van der Waals surface area contributed by atoms with E-state index in [1.165, 1.54) is 24.3 Å². The van der Waals surface area contributed by atoms with Crippen LogP contribution in [0.25, 0.3) is 12.2 Å². The first-order valence-electron chi connectivity index (χ1n) is 7.21. The first kappa shape index (κ1) is 16.3. The Morgan fingerprint density at radius 1 is 1.04 bits per heavy atom. The van der Waals surface area contributed by atoms with Crippen LogP contribution in [-0.4, -0.2) is 10.2 Å². The van der Waals surface area contributed by atoms with Crippen molar-refractivity contribution in [1.82, 2.24) is 10.2 Å². The fraction of sp³-hybridized carbons (Fsp3) is 0.111. The Morgan fingerprint density at radius 2 is 1.88 bits per heavy atom. The van der Waals surface area contributed by atoms with Crippen LogP contribution in [0, 0.1) is 18.6 Å². The van der Waals surface area contributed by atoms with Crippen LogP contribution in [0.1, 0.15) is 28.5 Å². The van der Waals surface area contributed by atoms with E-state index < -0.39 is 5.82 Å². The van der Waals surface area contributed by atoms with E-state index in [0.717, 1.165) is 11.1 Å². The van der Waals surface area contributed by atoms with Crippen LogP contribution in [0.15, 0.2) is 40.8 Å². The highest BCUT2D eigenvalue weighted by Gasteiger charge is 2.07. The number of hydrogen-bond donors (Lipinski definition) is 0. The molecule has 122 valence electrons. The molecule has 6 heteroatoms. The van der Waals surface area contributed by atoms with Crippen LogP contribution in [0.5, 0.6) is 0 Å². The van der Waals surface area contributed by atoms with Gasteiger partial charge in [-0.3, -0.25) is 0 Å². The van der Waals surface area contributed by atoms with Gasteiger partial charge in [0.05, 0.1) is 11.4 Å². The number of nitrogens with zero attached hydrogens (tertiary/aromatic N) is 2. The van der Waals surface area contributed by atoms with Crippen LogP contribution in [0.2, 0.25) is 5.02 Å². The summed E-state index contributed by atoms with van der Waals surface area (Å²) in [4.78, 5) is 0. The Labute approximate surface area is 142 Å². The fourth-order valence-corrected chi connectivity index (χ4v) is 2.52. The Hall–Kier alpha value is -2.53. The zero-order chi connectivity index (χ0) is 17.1. The van der Waals surface area contributed by atoms with Crippen molar-refractivity contribution in [3.63, 3.8) is 0 Å². The highest BCUT2D eigenvalue weighted by molar-refractivity contribution is 6.32. The van der Waals surface area contributed by atoms with E-state index in [1.807, 2.05) is 13.0 Å². The summed E-state index contributed by atoms with van der Waals surface area (Å²) in [5.74, 6) is -0.0263. The molecule has 0 saturated heterocycles. The predicted molar refractivity (Wildman–Crippen MR) is 88.6 cm³/mol. The molecular formula is C18H13ClF2N2O. The molecule has 0 bridgehead atoms. The lowest BCUT2D eigenvalue weighted by molar-refractivity contribution is 0.496. The van der Waals surface area contributed by atoms with Gasteiger partial charge in [-0.1, -0.05) is 23.7 Å². The van der Waals surface area contributed by atoms with Gasteiger partial charge in [-0.25, -0.2) is 8.78 Å². The maximum absolute atomic E-state index is 13.4. The predicted octanol–water partition coefficient (Wildman–Crippen LogP) is 5.07. The van der Waals surface area contributed by atoms with Gasteiger partial charge in [-0.05, 0) is 54.0 Å². The lowest BCUT2D eigenvalue weighted by atomic mass is 10.1. The van der Waals surface area contributed by atoms with Gasteiger partial charge in [-0.2, -0.15) is 0 Å². The monoisotopic (exact) mass is 346 g/mol. The third-order valence-corrected chi connectivity index (χ3v) is 3.64. The third-order valence-electron chi connectivity index (χ3n) is 3.31. The highest BCUT2D eigenvalue weighted by Crippen LogP contribution is 2.20. The molecule has 3 nitrogen and oxygen atoms in total. The topological polar surface area (TPSA) is 38.9 Å². The Morgan fingerprint density at radius 3 is 2.62 bits per heavy atom. The van der Waals surface area contributed by atoms with E-state index in [-0.39, 0.29) is 5.82 Å². The van der Waals surface area contributed by atoms with Crippen LogP contribution in [-0.2, 0) is 6.42 Å². The van der Waals surface area contributed by atoms with Crippen molar-refractivity contribution in [2.45, 2.75) is 13.3 Å². The molecule has 0 saturated carbocycles. The molecule has 24 heavy (non-hydrogen) atoms. The van der Waals surface area contributed by atoms with Crippen LogP contribution in [0.4, 0.5) is 8.78 Å². The molecule has 0 aliphatic rings. The van der Waals surface area contributed by atoms with Crippen molar-refractivity contribution >= 4 is 23.8 Å². The van der Waals surface area contributed by atoms with Gasteiger partial charge in [0.1, 0.15) is 11.6 Å². The quantitative estimate of drug-likeness (QED) is 0.662. The molecule has 2 aromatic carbocycles. The molecule has 0 unspecified atom stereocenters. The molecular weight excluding hydrogens is 334 g/mol. The minimum atomic E-state index is -0.400. The summed E-state index contributed by atoms with van der Waals surface area (Å²) < 4.78 is 31.9. The molecule has 0 spiro atoms. The minimum absolute atomic E-state index is 0.290. The van der Waals surface area contributed by atoms with E-state index in [2.05, 4.69) is 10.2 Å². The zero-order valence-electron chi connectivity index (χ0n) is 12.8. The maximum atomic E-state index is 13.4. The van der Waals surface area contributed by atoms with Crippen LogP contribution in [0.3, 0.4) is 0 Å². The van der Waals surface area contributed by atoms with Gasteiger partial charge in [0.25, 0.3) is 0 Å². The smallest absolute Gasteiger partial charge is 0.240 e. The summed E-state index contributed by atoms with van der Waals surface area (Å²) in [5.41, 5.74) is 2.22. The van der Waals surface area contributed by atoms with E-state index in [9.17, 15) is 8.78 Å². The van der Waals surface area contributed by atoms with Crippen LogP contribution >= 0.6 is 11.6 Å². The number of rotatable bonds is 4. The summed E-state index contributed by atoms with van der Waals surface area (Å²) in [6.07, 6.45) is 3.59. The number of hydrogen-bond acceptors (Lipinski definition) is 3. The SMILES string of the molecule is Cc1cc(F)cc(Cc2nnc(/C=C/c3ccc(F)cc3Cl)o2)c1. The molecule has 1 heterocycles. The molecule has 0 amide bonds. The molecule has 3 rings (SSSR count). The summed E-state index contributed by atoms with van der Waals surface area (Å²) in [7, 11) is 0. The van der Waals surface area contributed by atoms with Crippen molar-refractivity contribution in [2.24, 2.45) is 0 Å². The molecule has 3 aromatic rings. The molecule has 0 N–H and O–H groups in total. The summed E-state index contributed by atoms with van der Waals surface area (Å²) >= 11 is 5.94. The molecule has 1 aromatic heterocycles. The van der Waals surface area contributed by atoms with E-state index >= 15 is 0 Å². The summed E-state index contributed by atoms with van der Waals surface area (Å²) in [5, 5.41) is 8.13. The zero-order valence-corrected chi connectivity index (χ0v) is 13.5. The van der Waals surface area contributed by atoms with Crippen molar-refractivity contribution in [3.05, 3.63) is 81.5 Å². The fourth-order valence-electron chi connectivity index (χ4n) is 2.29. The van der Waals surface area contributed by atoms with E-state index in [4.69, 9.17) is 16.0 Å². The largest absolute Gasteiger partial charge is 0.421 e. The average molecular weight is 347 g/mol. The van der Waals surface area contributed by atoms with Gasteiger partial charge in [0.15, 0.2) is 0 Å². The van der Waals surface area contributed by atoms with Crippen molar-refractivity contribution in [2.75, 3.05) is 0 Å². The molecule has 0 aliphatic heterocycles. The average Bonchev–Trinajstić information content (AvgIpc) is 2.92. The van der Waals surface area contributed by atoms with Gasteiger partial charge >= 0.3 is 0 Å². The second-order valence-electron chi connectivity index (χ2n) is 5.35. The van der Waals surface area contributed by atoms with Crippen molar-refractivity contribution < 1.29 is 13.2 Å². The first-order chi connectivity index (χ1) is 11.5. The maximum Gasteiger partial charge on any atom is 0.240 e. The van der Waals surface area contributed by atoms with Gasteiger partial charge in [0.2, 0.25) is 11.8 Å². The van der Waals surface area contributed by atoms with Crippen molar-refractivity contribution in [3.8, 4) is 0 Å². The standard InChI is InChI=1S/C18H13ClF2N2O/c1-11-6-12(8-15(21)7-11)9-18-23-22-17(24-18)5-3-13-2-4-14(20)10-16(13)19/h2-8,10H,9H2,1H3/b5-3+. The van der Waals surface area contributed by atoms with Gasteiger partial charge in [0, 0.05) is 6.08 Å². The lowest BCUT2D eigenvalue weighted by Crippen LogP contribution is -1.91. The summed E-state index contributed by atoms with van der Waals surface area (Å²) in [6, 6.07) is 8.86. The Balaban J connectivity index is 1.74. The van der Waals surface area contributed by atoms with Crippen molar-refractivity contribution in [1.29, 1.82) is 0 Å². The molecule has 0 aliphatic carbocycles. The first-order valence-corrected chi connectivity index (χ1v) is 7.59. The van der Waals surface area contributed by atoms with Gasteiger partial charge in [-0.15, -0.1) is 10.2 Å². The highest BCUT2D eigenvalue weighted by atomic mass is 35.5. The molecule has 0 atom stereocenters. The normalized spacial score (nSPS) is 11.3. The lowest BCUT2D eigenvalue weighted by Gasteiger charge is -1.99. The minimum Gasteiger partial charge on any atom is -0.421 e. The molecule has 0 fully saturated rings. The third kappa shape index (κ3) is 4.06. The second kappa shape index (κ2) is 6.93. The second-order valence-corrected chi connectivity index (χ2v) is 5.75. The van der Waals surface area contributed by atoms with Crippen LogP contribution < -0.4 is 0 Å². The van der Waals surface area contributed by atoms with E-state index in [1.54, 1.807) is 18.2 Å². The number of aromatic nitrogens is 2. The number of halogens is 3. The Kier molecular flexibility index (Phi) is 4.71. The van der Waals surface area contributed by atoms with Gasteiger partial charge < -0.3 is 4.42 Å². The Bertz CT molecular complexity index is 886. The molecule has 0 radical (unpaired) electrons. The summed E-state index contributed by atoms with van der Waals surface area (Å²) in [6.45, 7) is 1.82. The number of benzene rings is 2. The van der Waals surface area contributed by atoms with E-state index in [0.29, 0.717) is 28.8 Å².